The van der Waals surface area contributed by atoms with Gasteiger partial charge in [-0.3, -0.25) is 4.79 Å². The zero-order valence-corrected chi connectivity index (χ0v) is 13.2. The number of fused-ring (bicyclic) bond motifs is 1. The Morgan fingerprint density at radius 3 is 2.81 bits per heavy atom. The summed E-state index contributed by atoms with van der Waals surface area (Å²) in [5, 5.41) is 11.7. The van der Waals surface area contributed by atoms with Crippen molar-refractivity contribution < 1.29 is 4.79 Å². The van der Waals surface area contributed by atoms with E-state index in [9.17, 15) is 4.79 Å². The number of rotatable bonds is 3. The maximum atomic E-state index is 12.6. The molecule has 2 aliphatic rings. The number of aromatic nitrogens is 3. The molecule has 1 saturated carbocycles. The van der Waals surface area contributed by atoms with Gasteiger partial charge in [0.25, 0.3) is 0 Å². The van der Waals surface area contributed by atoms with E-state index in [4.69, 9.17) is 0 Å². The first-order valence-electron chi connectivity index (χ1n) is 7.92. The van der Waals surface area contributed by atoms with Crippen molar-refractivity contribution >= 4 is 5.91 Å². The lowest BCUT2D eigenvalue weighted by molar-refractivity contribution is -0.132. The van der Waals surface area contributed by atoms with Gasteiger partial charge < -0.3 is 14.8 Å². The minimum Gasteiger partial charge on any atom is -0.337 e. The number of amides is 1. The maximum Gasteiger partial charge on any atom is 0.239 e. The predicted molar refractivity (Wildman–Crippen MR) is 79.5 cm³/mol. The molecule has 1 N–H and O–H groups in total. The summed E-state index contributed by atoms with van der Waals surface area (Å²) in [5.41, 5.74) is 0. The van der Waals surface area contributed by atoms with E-state index in [0.29, 0.717) is 18.5 Å². The highest BCUT2D eigenvalue weighted by atomic mass is 16.2. The molecular weight excluding hydrogens is 266 g/mol. The minimum absolute atomic E-state index is 0.0163. The molecule has 0 aromatic carbocycles. The van der Waals surface area contributed by atoms with Gasteiger partial charge in [0, 0.05) is 20.1 Å². The Labute approximate surface area is 125 Å². The van der Waals surface area contributed by atoms with Gasteiger partial charge in [0.05, 0.1) is 12.6 Å². The van der Waals surface area contributed by atoms with Crippen LogP contribution in [0.4, 0.5) is 0 Å². The molecule has 1 aliphatic carbocycles. The highest BCUT2D eigenvalue weighted by Crippen LogP contribution is 2.33. The van der Waals surface area contributed by atoms with Gasteiger partial charge >= 0.3 is 0 Å². The summed E-state index contributed by atoms with van der Waals surface area (Å²) in [6, 6.07) is 0.538. The fraction of sp³-hybridized carbons (Fsp3) is 0.800. The van der Waals surface area contributed by atoms with Crippen LogP contribution in [0.15, 0.2) is 0 Å². The normalized spacial score (nSPS) is 28.4. The second-order valence-electron chi connectivity index (χ2n) is 6.52. The van der Waals surface area contributed by atoms with Crippen LogP contribution in [0.2, 0.25) is 0 Å². The topological polar surface area (TPSA) is 63.1 Å². The summed E-state index contributed by atoms with van der Waals surface area (Å²) < 4.78 is 1.94. The van der Waals surface area contributed by atoms with Crippen LogP contribution in [0.5, 0.6) is 0 Å². The number of aryl methyl sites for hydroxylation is 1. The van der Waals surface area contributed by atoms with Crippen molar-refractivity contribution in [1.29, 1.82) is 0 Å². The molecule has 0 radical (unpaired) electrons. The smallest absolute Gasteiger partial charge is 0.239 e. The van der Waals surface area contributed by atoms with Gasteiger partial charge in [-0.15, -0.1) is 10.2 Å². The summed E-state index contributed by atoms with van der Waals surface area (Å²) in [6.07, 6.45) is 6.10. The number of carbonyl (C=O) groups is 1. The first kappa shape index (κ1) is 14.5. The molecule has 3 atom stereocenters. The van der Waals surface area contributed by atoms with Crippen LogP contribution >= 0.6 is 0 Å². The van der Waals surface area contributed by atoms with Gasteiger partial charge in [-0.25, -0.2) is 0 Å². The lowest BCUT2D eigenvalue weighted by Crippen LogP contribution is -2.44. The predicted octanol–water partition coefficient (Wildman–Crippen LogP) is 1.00. The molecule has 0 unspecified atom stereocenters. The van der Waals surface area contributed by atoms with Crippen molar-refractivity contribution in [2.45, 2.75) is 57.7 Å². The molecular formula is C15H25N5O. The quantitative estimate of drug-likeness (QED) is 0.902. The van der Waals surface area contributed by atoms with Crippen LogP contribution in [0.3, 0.4) is 0 Å². The van der Waals surface area contributed by atoms with Gasteiger partial charge in [0.1, 0.15) is 5.82 Å². The van der Waals surface area contributed by atoms with E-state index in [2.05, 4.69) is 15.5 Å². The molecule has 2 fully saturated rings. The summed E-state index contributed by atoms with van der Waals surface area (Å²) in [6.45, 7) is 2.44. The van der Waals surface area contributed by atoms with Gasteiger partial charge in [0.15, 0.2) is 5.82 Å². The standard InChI is InChI=1S/C15H25N5O/c1-10-17-18-14(20(10)3)9-19(2)15(21)13-8-11-6-4-5-7-12(11)16-13/h11-13,16H,4-9H2,1-3H3/t11-,12+,13+/m1/s1. The zero-order valence-electron chi connectivity index (χ0n) is 13.2. The second kappa shape index (κ2) is 5.75. The molecule has 1 amide bonds. The molecule has 2 heterocycles. The molecule has 116 valence electrons. The SMILES string of the molecule is Cc1nnc(CN(C)C(=O)[C@@H]2C[C@H]3CCCC[C@@H]3N2)n1C. The van der Waals surface area contributed by atoms with E-state index in [1.54, 1.807) is 4.90 Å². The Morgan fingerprint density at radius 1 is 1.38 bits per heavy atom. The van der Waals surface area contributed by atoms with E-state index in [1.807, 2.05) is 25.6 Å². The molecule has 3 rings (SSSR count). The molecule has 1 saturated heterocycles. The number of nitrogens with zero attached hydrogens (tertiary/aromatic N) is 4. The number of nitrogens with one attached hydrogen (secondary N) is 1. The van der Waals surface area contributed by atoms with E-state index in [-0.39, 0.29) is 11.9 Å². The third-order valence-electron chi connectivity index (χ3n) is 5.10. The average molecular weight is 291 g/mol. The van der Waals surface area contributed by atoms with Crippen LogP contribution in [0.1, 0.15) is 43.8 Å². The van der Waals surface area contributed by atoms with Crippen molar-refractivity contribution in [3.05, 3.63) is 11.6 Å². The average Bonchev–Trinajstić information content (AvgIpc) is 3.04. The van der Waals surface area contributed by atoms with E-state index in [1.165, 1.54) is 25.7 Å². The van der Waals surface area contributed by atoms with Crippen molar-refractivity contribution in [1.82, 2.24) is 25.0 Å². The third kappa shape index (κ3) is 2.81. The van der Waals surface area contributed by atoms with Crippen molar-refractivity contribution in [2.75, 3.05) is 7.05 Å². The van der Waals surface area contributed by atoms with Crippen molar-refractivity contribution in [2.24, 2.45) is 13.0 Å². The first-order valence-corrected chi connectivity index (χ1v) is 7.92. The Balaban J connectivity index is 1.61. The van der Waals surface area contributed by atoms with Crippen LogP contribution in [-0.4, -0.2) is 44.7 Å². The Hall–Kier alpha value is -1.43. The lowest BCUT2D eigenvalue weighted by Gasteiger charge is -2.24. The molecule has 21 heavy (non-hydrogen) atoms. The summed E-state index contributed by atoms with van der Waals surface area (Å²) in [5.74, 6) is 2.58. The Bertz CT molecular complexity index is 512. The molecule has 1 aromatic rings. The maximum absolute atomic E-state index is 12.6. The summed E-state index contributed by atoms with van der Waals surface area (Å²) in [4.78, 5) is 14.4. The second-order valence-corrected chi connectivity index (χ2v) is 6.52. The molecule has 6 heteroatoms. The number of hydrogen-bond acceptors (Lipinski definition) is 4. The van der Waals surface area contributed by atoms with Gasteiger partial charge in [-0.2, -0.15) is 0 Å². The molecule has 1 aromatic heterocycles. The van der Waals surface area contributed by atoms with Crippen LogP contribution in [0, 0.1) is 12.8 Å². The summed E-state index contributed by atoms with van der Waals surface area (Å²) in [7, 11) is 3.79. The highest BCUT2D eigenvalue weighted by molar-refractivity contribution is 5.82. The Morgan fingerprint density at radius 2 is 2.14 bits per heavy atom. The van der Waals surface area contributed by atoms with Crippen molar-refractivity contribution in [3.8, 4) is 0 Å². The largest absolute Gasteiger partial charge is 0.337 e. The van der Waals surface area contributed by atoms with Crippen molar-refractivity contribution in [3.63, 3.8) is 0 Å². The van der Waals surface area contributed by atoms with Crippen LogP contribution < -0.4 is 5.32 Å². The van der Waals surface area contributed by atoms with Gasteiger partial charge in [0.2, 0.25) is 5.91 Å². The Kier molecular flexibility index (Phi) is 3.97. The number of hydrogen-bond donors (Lipinski definition) is 1. The minimum atomic E-state index is -0.0163. The van der Waals surface area contributed by atoms with Gasteiger partial charge in [-0.1, -0.05) is 12.8 Å². The zero-order chi connectivity index (χ0) is 15.0. The fourth-order valence-corrected chi connectivity index (χ4v) is 3.66. The van der Waals surface area contributed by atoms with Crippen LogP contribution in [-0.2, 0) is 18.4 Å². The van der Waals surface area contributed by atoms with Crippen LogP contribution in [0.25, 0.3) is 0 Å². The number of carbonyl (C=O) groups excluding carboxylic acids is 1. The molecule has 0 bridgehead atoms. The summed E-state index contributed by atoms with van der Waals surface area (Å²) >= 11 is 0. The molecule has 0 spiro atoms. The third-order valence-corrected chi connectivity index (χ3v) is 5.10. The number of likely N-dealkylation sites (N-methyl/N-ethyl adjacent to an activating group) is 1. The van der Waals surface area contributed by atoms with E-state index in [0.717, 1.165) is 18.1 Å². The van der Waals surface area contributed by atoms with E-state index < -0.39 is 0 Å². The fourth-order valence-electron chi connectivity index (χ4n) is 3.66. The molecule has 1 aliphatic heterocycles. The van der Waals surface area contributed by atoms with Gasteiger partial charge in [-0.05, 0) is 32.1 Å². The monoisotopic (exact) mass is 291 g/mol. The highest BCUT2D eigenvalue weighted by Gasteiger charge is 2.39. The van der Waals surface area contributed by atoms with E-state index >= 15 is 0 Å². The molecule has 6 nitrogen and oxygen atoms in total. The first-order chi connectivity index (χ1) is 10.1. The lowest BCUT2D eigenvalue weighted by atomic mass is 9.85.